The molecule has 0 N–H and O–H groups in total. The molecule has 4 heteroatoms. The van der Waals surface area contributed by atoms with E-state index >= 15 is 0 Å². The van der Waals surface area contributed by atoms with Crippen molar-refractivity contribution >= 4 is 14.1 Å². The Labute approximate surface area is 158 Å². The third kappa shape index (κ3) is 2.86. The summed E-state index contributed by atoms with van der Waals surface area (Å²) in [7, 11) is 0.198. The average molecular weight is 373 g/mol. The number of ketones is 1. The molecule has 1 aromatic rings. The molecule has 5 atom stereocenters. The van der Waals surface area contributed by atoms with Gasteiger partial charge in [-0.15, -0.1) is 0 Å². The summed E-state index contributed by atoms with van der Waals surface area (Å²) >= 11 is 0. The fourth-order valence-corrected chi connectivity index (χ4v) is 6.79. The molecule has 1 aromatic carbocycles. The summed E-state index contributed by atoms with van der Waals surface area (Å²) in [4.78, 5) is 12.5. The molecule has 2 saturated carbocycles. The van der Waals surface area contributed by atoms with Crippen LogP contribution >= 0.6 is 0 Å². The van der Waals surface area contributed by atoms with Crippen LogP contribution in [-0.2, 0) is 9.53 Å². The van der Waals surface area contributed by atoms with Crippen molar-refractivity contribution in [2.75, 3.05) is 7.11 Å². The summed E-state index contributed by atoms with van der Waals surface area (Å²) < 4.78 is 12.2. The van der Waals surface area contributed by atoms with Gasteiger partial charge in [0.25, 0.3) is 0 Å². The molecule has 0 radical (unpaired) electrons. The first-order valence-corrected chi connectivity index (χ1v) is 13.5. The van der Waals surface area contributed by atoms with Crippen LogP contribution in [0.3, 0.4) is 0 Å². The van der Waals surface area contributed by atoms with Crippen molar-refractivity contribution in [2.24, 2.45) is 17.3 Å². The van der Waals surface area contributed by atoms with Gasteiger partial charge in [0.2, 0.25) is 8.32 Å². The lowest BCUT2D eigenvalue weighted by atomic mass is 9.55. The van der Waals surface area contributed by atoms with E-state index < -0.39 is 8.32 Å². The highest BCUT2D eigenvalue weighted by molar-refractivity contribution is 6.70. The van der Waals surface area contributed by atoms with Crippen molar-refractivity contribution in [3.63, 3.8) is 0 Å². The van der Waals surface area contributed by atoms with E-state index in [0.29, 0.717) is 23.5 Å². The van der Waals surface area contributed by atoms with Crippen LogP contribution < -0.4 is 4.43 Å². The van der Waals surface area contributed by atoms with E-state index in [1.165, 1.54) is 11.1 Å². The minimum absolute atomic E-state index is 0.0855. The lowest BCUT2D eigenvalue weighted by Crippen LogP contribution is -2.43. The molecule has 0 bridgehead atoms. The van der Waals surface area contributed by atoms with E-state index in [2.05, 4.69) is 44.8 Å². The highest BCUT2D eigenvalue weighted by Crippen LogP contribution is 2.61. The van der Waals surface area contributed by atoms with Crippen molar-refractivity contribution in [1.29, 1.82) is 0 Å². The summed E-state index contributed by atoms with van der Waals surface area (Å²) in [6.07, 6.45) is 5.17. The van der Waals surface area contributed by atoms with E-state index in [4.69, 9.17) is 9.16 Å². The van der Waals surface area contributed by atoms with Gasteiger partial charge in [0, 0.05) is 18.9 Å². The Balaban J connectivity index is 1.70. The van der Waals surface area contributed by atoms with Crippen molar-refractivity contribution < 1.29 is 14.0 Å². The fraction of sp³-hybridized carbons (Fsp3) is 0.682. The van der Waals surface area contributed by atoms with Crippen molar-refractivity contribution in [3.05, 3.63) is 29.3 Å². The van der Waals surface area contributed by atoms with Crippen molar-refractivity contribution in [1.82, 2.24) is 0 Å². The molecule has 3 aliphatic carbocycles. The van der Waals surface area contributed by atoms with Crippen LogP contribution in [0.2, 0.25) is 19.6 Å². The molecule has 3 nitrogen and oxygen atoms in total. The molecule has 0 saturated heterocycles. The standard InChI is InChI=1S/C22H32O3Si/c1-22-11-10-16-15-7-6-14(25-26(3,4)5)12-18(15)20(24-2)13-17(16)19(22)8-9-21(22)23/h6-7,12,16-17,19-20H,8-11,13H2,1-5H3/t16-,17-,19+,20-,22+/m1/s1. The molecule has 0 aromatic heterocycles. The third-order valence-electron chi connectivity index (χ3n) is 7.15. The van der Waals surface area contributed by atoms with Gasteiger partial charge < -0.3 is 9.16 Å². The SMILES string of the molecule is CO[C@@H]1C[C@@H]2[C@H](CC[C@]3(C)C(=O)CC[C@@H]23)c2ccc(O[Si](C)(C)C)cc21. The van der Waals surface area contributed by atoms with Gasteiger partial charge in [0.15, 0.2) is 0 Å². The zero-order valence-electron chi connectivity index (χ0n) is 16.8. The number of carbonyl (C=O) groups excluding carboxylic acids is 1. The van der Waals surface area contributed by atoms with E-state index in [0.717, 1.165) is 37.9 Å². The first kappa shape index (κ1) is 18.2. The number of Topliss-reactive ketones (excluding diaryl/α,β-unsaturated/α-hetero) is 1. The number of ether oxygens (including phenoxy) is 1. The maximum atomic E-state index is 12.5. The molecule has 0 aliphatic heterocycles. The number of rotatable bonds is 3. The molecule has 3 aliphatic rings. The van der Waals surface area contributed by atoms with Gasteiger partial charge >= 0.3 is 0 Å². The lowest BCUT2D eigenvalue weighted by molar-refractivity contribution is -0.129. The van der Waals surface area contributed by atoms with Gasteiger partial charge in [-0.25, -0.2) is 0 Å². The molecule has 26 heavy (non-hydrogen) atoms. The highest BCUT2D eigenvalue weighted by atomic mass is 28.4. The number of hydrogen-bond acceptors (Lipinski definition) is 3. The maximum Gasteiger partial charge on any atom is 0.242 e. The Hall–Kier alpha value is -1.13. The molecule has 142 valence electrons. The smallest absolute Gasteiger partial charge is 0.242 e. The van der Waals surface area contributed by atoms with E-state index in [-0.39, 0.29) is 11.5 Å². The second-order valence-electron chi connectivity index (χ2n) is 9.76. The summed E-state index contributed by atoms with van der Waals surface area (Å²) in [6.45, 7) is 8.88. The van der Waals surface area contributed by atoms with Crippen molar-refractivity contribution in [3.8, 4) is 5.75 Å². The summed E-state index contributed by atoms with van der Waals surface area (Å²) in [5.74, 6) is 3.15. The van der Waals surface area contributed by atoms with E-state index in [1.54, 1.807) is 0 Å². The maximum absolute atomic E-state index is 12.5. The minimum atomic E-state index is -1.62. The minimum Gasteiger partial charge on any atom is -0.544 e. The second kappa shape index (κ2) is 6.20. The third-order valence-corrected chi connectivity index (χ3v) is 7.99. The topological polar surface area (TPSA) is 35.5 Å². The van der Waals surface area contributed by atoms with Crippen molar-refractivity contribution in [2.45, 2.75) is 70.7 Å². The predicted octanol–water partition coefficient (Wildman–Crippen LogP) is 5.47. The Morgan fingerprint density at radius 1 is 1.15 bits per heavy atom. The first-order valence-electron chi connectivity index (χ1n) is 10.1. The summed E-state index contributed by atoms with van der Waals surface area (Å²) in [5, 5.41) is 0. The molecule has 0 amide bonds. The van der Waals surface area contributed by atoms with Crippen LogP contribution in [-0.4, -0.2) is 21.2 Å². The van der Waals surface area contributed by atoms with Gasteiger partial charge in [-0.3, -0.25) is 4.79 Å². The summed E-state index contributed by atoms with van der Waals surface area (Å²) in [6, 6.07) is 6.67. The Bertz CT molecular complexity index is 723. The van der Waals surface area contributed by atoms with Crippen LogP contribution in [0.15, 0.2) is 18.2 Å². The summed E-state index contributed by atoms with van der Waals surface area (Å²) in [5.41, 5.74) is 2.67. The van der Waals surface area contributed by atoms with Crippen LogP contribution in [0, 0.1) is 17.3 Å². The molecule has 0 unspecified atom stereocenters. The molecule has 2 fully saturated rings. The van der Waals surface area contributed by atoms with E-state index in [9.17, 15) is 4.79 Å². The van der Waals surface area contributed by atoms with Gasteiger partial charge in [0.05, 0.1) is 6.10 Å². The van der Waals surface area contributed by atoms with Gasteiger partial charge in [-0.05, 0) is 86.3 Å². The second-order valence-corrected chi connectivity index (χ2v) is 14.2. The molecular weight excluding hydrogens is 340 g/mol. The van der Waals surface area contributed by atoms with Gasteiger partial charge in [-0.1, -0.05) is 13.0 Å². The van der Waals surface area contributed by atoms with Gasteiger partial charge in [0.1, 0.15) is 11.5 Å². The van der Waals surface area contributed by atoms with Crippen LogP contribution in [0.25, 0.3) is 0 Å². The molecule has 0 spiro atoms. The van der Waals surface area contributed by atoms with Crippen LogP contribution in [0.4, 0.5) is 0 Å². The normalized spacial score (nSPS) is 36.3. The Morgan fingerprint density at radius 3 is 2.62 bits per heavy atom. The molecular formula is C22H32O3Si. The number of hydrogen-bond donors (Lipinski definition) is 0. The first-order chi connectivity index (χ1) is 12.2. The lowest BCUT2D eigenvalue weighted by Gasteiger charge is -2.49. The number of benzene rings is 1. The van der Waals surface area contributed by atoms with Crippen LogP contribution in [0.5, 0.6) is 5.75 Å². The number of methoxy groups -OCH3 is 1. The zero-order chi connectivity index (χ0) is 18.7. The monoisotopic (exact) mass is 372 g/mol. The average Bonchev–Trinajstić information content (AvgIpc) is 2.88. The predicted molar refractivity (Wildman–Crippen MR) is 106 cm³/mol. The zero-order valence-corrected chi connectivity index (χ0v) is 17.8. The largest absolute Gasteiger partial charge is 0.544 e. The fourth-order valence-electron chi connectivity index (χ4n) is 5.96. The highest BCUT2D eigenvalue weighted by Gasteiger charge is 2.55. The number of carbonyl (C=O) groups is 1. The Morgan fingerprint density at radius 2 is 1.92 bits per heavy atom. The van der Waals surface area contributed by atoms with Crippen LogP contribution in [0.1, 0.15) is 62.2 Å². The van der Waals surface area contributed by atoms with Gasteiger partial charge in [-0.2, -0.15) is 0 Å². The molecule has 4 rings (SSSR count). The number of fused-ring (bicyclic) bond motifs is 5. The molecule has 0 heterocycles. The quantitative estimate of drug-likeness (QED) is 0.660. The van der Waals surface area contributed by atoms with E-state index in [1.807, 2.05) is 7.11 Å². The Kier molecular flexibility index (Phi) is 4.35.